The highest BCUT2D eigenvalue weighted by atomic mass is 16.5. The lowest BCUT2D eigenvalue weighted by Gasteiger charge is -2.33. The van der Waals surface area contributed by atoms with Gasteiger partial charge in [0.25, 0.3) is 11.5 Å². The molecule has 182 valence electrons. The number of rotatable bonds is 9. The van der Waals surface area contributed by atoms with Gasteiger partial charge in [-0.25, -0.2) is 4.99 Å². The summed E-state index contributed by atoms with van der Waals surface area (Å²) in [5.41, 5.74) is 0.444. The average molecular weight is 470 g/mol. The van der Waals surface area contributed by atoms with Crippen molar-refractivity contribution in [2.24, 2.45) is 10.1 Å². The molecule has 1 aromatic rings. The zero-order valence-corrected chi connectivity index (χ0v) is 19.5. The number of hydrogen-bond acceptors (Lipinski definition) is 9. The van der Waals surface area contributed by atoms with Gasteiger partial charge < -0.3 is 30.4 Å². The molecule has 1 aromatic heterocycles. The van der Waals surface area contributed by atoms with Gasteiger partial charge in [-0.05, 0) is 44.7 Å². The molecule has 0 bridgehead atoms. The molecule has 4 N–H and O–H groups in total. The molecule has 2 atom stereocenters. The first-order chi connectivity index (χ1) is 16.4. The van der Waals surface area contributed by atoms with E-state index >= 15 is 0 Å². The maximum Gasteiger partial charge on any atom is 0.274 e. The van der Waals surface area contributed by atoms with Crippen LogP contribution in [-0.2, 0) is 16.1 Å². The van der Waals surface area contributed by atoms with Crippen molar-refractivity contribution >= 4 is 24.1 Å². The van der Waals surface area contributed by atoms with Gasteiger partial charge in [-0.3, -0.25) is 9.59 Å². The molecule has 0 radical (unpaired) electrons. The highest BCUT2D eigenvalue weighted by molar-refractivity contribution is 6.06. The molecule has 11 heteroatoms. The van der Waals surface area contributed by atoms with Gasteiger partial charge in [0.05, 0.1) is 30.4 Å². The number of nitrogens with zero attached hydrogens (tertiary/aromatic N) is 4. The molecule has 3 aliphatic rings. The SMILES string of the molecule is C=NN1C(NC)=CC(Nc2cccn(CCOC3CC3)c2=O)=N/C1=C(/C)C(=O)N[C@@H]1CC[C@H]1O. The van der Waals surface area contributed by atoms with Gasteiger partial charge in [-0.2, -0.15) is 10.1 Å². The largest absolute Gasteiger partial charge is 0.391 e. The molecular weight excluding hydrogens is 438 g/mol. The van der Waals surface area contributed by atoms with Crippen molar-refractivity contribution < 1.29 is 14.6 Å². The molecule has 0 saturated heterocycles. The maximum absolute atomic E-state index is 12.9. The van der Waals surface area contributed by atoms with Gasteiger partial charge in [0, 0.05) is 32.6 Å². The molecular formula is C23H31N7O4. The van der Waals surface area contributed by atoms with Crippen molar-refractivity contribution in [1.29, 1.82) is 0 Å². The van der Waals surface area contributed by atoms with Gasteiger partial charge in [-0.1, -0.05) is 0 Å². The van der Waals surface area contributed by atoms with E-state index in [0.717, 1.165) is 19.3 Å². The summed E-state index contributed by atoms with van der Waals surface area (Å²) >= 11 is 0. The van der Waals surface area contributed by atoms with E-state index in [9.17, 15) is 14.7 Å². The number of nitrogens with one attached hydrogen (secondary N) is 3. The van der Waals surface area contributed by atoms with Gasteiger partial charge >= 0.3 is 0 Å². The minimum absolute atomic E-state index is 0.202. The van der Waals surface area contributed by atoms with Crippen molar-refractivity contribution in [3.8, 4) is 0 Å². The lowest BCUT2D eigenvalue weighted by molar-refractivity contribution is -0.120. The van der Waals surface area contributed by atoms with Gasteiger partial charge in [0.2, 0.25) is 0 Å². The van der Waals surface area contributed by atoms with Crippen LogP contribution in [-0.4, -0.2) is 65.0 Å². The number of amides is 1. The third-order valence-electron chi connectivity index (χ3n) is 6.05. The molecule has 1 amide bonds. The van der Waals surface area contributed by atoms with Crippen LogP contribution in [0.25, 0.3) is 0 Å². The number of carbonyl (C=O) groups is 1. The smallest absolute Gasteiger partial charge is 0.274 e. The Kier molecular flexibility index (Phi) is 7.13. The Morgan fingerprint density at radius 2 is 2.15 bits per heavy atom. The fourth-order valence-corrected chi connectivity index (χ4v) is 3.65. The predicted octanol–water partition coefficient (Wildman–Crippen LogP) is 0.701. The first kappa shape index (κ1) is 23.7. The van der Waals surface area contributed by atoms with E-state index in [4.69, 9.17) is 4.74 Å². The monoisotopic (exact) mass is 469 g/mol. The minimum atomic E-state index is -0.537. The van der Waals surface area contributed by atoms with E-state index in [1.54, 1.807) is 42.9 Å². The third kappa shape index (κ3) is 5.20. The number of pyridine rings is 1. The number of aliphatic hydroxyl groups excluding tert-OH is 1. The number of aliphatic imine (C=N–C) groups is 1. The first-order valence-corrected chi connectivity index (χ1v) is 11.4. The Morgan fingerprint density at radius 3 is 2.76 bits per heavy atom. The lowest BCUT2D eigenvalue weighted by atomic mass is 9.89. The highest BCUT2D eigenvalue weighted by Crippen LogP contribution is 2.25. The van der Waals surface area contributed by atoms with E-state index in [-0.39, 0.29) is 23.3 Å². The Bertz CT molecular complexity index is 1100. The van der Waals surface area contributed by atoms with Crippen LogP contribution in [0.5, 0.6) is 0 Å². The lowest BCUT2D eigenvalue weighted by Crippen LogP contribution is -2.50. The Morgan fingerprint density at radius 1 is 1.35 bits per heavy atom. The molecule has 2 aliphatic carbocycles. The van der Waals surface area contributed by atoms with E-state index < -0.39 is 6.10 Å². The Balaban J connectivity index is 1.57. The Labute approximate surface area is 197 Å². The molecule has 2 heterocycles. The molecule has 2 fully saturated rings. The second kappa shape index (κ2) is 10.2. The number of ether oxygens (including phenoxy) is 1. The van der Waals surface area contributed by atoms with Crippen LogP contribution in [0.2, 0.25) is 0 Å². The number of aliphatic hydroxyl groups is 1. The molecule has 2 saturated carbocycles. The van der Waals surface area contributed by atoms with E-state index in [1.807, 2.05) is 0 Å². The van der Waals surface area contributed by atoms with Crippen LogP contribution in [0.4, 0.5) is 5.69 Å². The number of carbonyl (C=O) groups excluding carboxylic acids is 1. The molecule has 0 unspecified atom stereocenters. The summed E-state index contributed by atoms with van der Waals surface area (Å²) in [4.78, 5) is 30.3. The molecule has 4 rings (SSSR count). The minimum Gasteiger partial charge on any atom is -0.391 e. The molecule has 0 spiro atoms. The van der Waals surface area contributed by atoms with Crippen molar-refractivity contribution in [3.63, 3.8) is 0 Å². The van der Waals surface area contributed by atoms with Gasteiger partial charge in [0.15, 0.2) is 5.82 Å². The number of hydrazone groups is 1. The predicted molar refractivity (Wildman–Crippen MR) is 129 cm³/mol. The summed E-state index contributed by atoms with van der Waals surface area (Å²) in [5, 5.41) is 24.1. The van der Waals surface area contributed by atoms with Crippen LogP contribution < -0.4 is 21.5 Å². The van der Waals surface area contributed by atoms with Crippen molar-refractivity contribution in [2.45, 2.75) is 57.4 Å². The molecule has 0 aromatic carbocycles. The van der Waals surface area contributed by atoms with Gasteiger partial charge in [0.1, 0.15) is 17.3 Å². The van der Waals surface area contributed by atoms with Gasteiger partial charge in [-0.15, -0.1) is 0 Å². The van der Waals surface area contributed by atoms with E-state index in [1.165, 1.54) is 5.01 Å². The van der Waals surface area contributed by atoms with Crippen LogP contribution in [0.15, 0.2) is 56.5 Å². The van der Waals surface area contributed by atoms with Crippen LogP contribution in [0.1, 0.15) is 32.6 Å². The van der Waals surface area contributed by atoms with E-state index in [2.05, 4.69) is 32.8 Å². The summed E-state index contributed by atoms with van der Waals surface area (Å²) in [6.07, 6.45) is 6.75. The number of amidine groups is 1. The standard InChI is InChI=1S/C23H31N7O4/c1-14(22(32)27-16-8-9-18(16)31)21-28-19(13-20(24-2)30(21)25-3)26-17-5-4-10-29(23(17)33)11-12-34-15-6-7-15/h4-5,10,13,15-16,18,24,31H,3,6-9,11-12H2,1-2H3,(H,26,28)(H,27,32)/b21-14+/t16-,18-/m1/s1. The number of anilines is 1. The summed E-state index contributed by atoms with van der Waals surface area (Å²) < 4.78 is 7.25. The zero-order chi connectivity index (χ0) is 24.2. The summed E-state index contributed by atoms with van der Waals surface area (Å²) in [6.45, 7) is 6.16. The molecule has 34 heavy (non-hydrogen) atoms. The number of aromatic nitrogens is 1. The van der Waals surface area contributed by atoms with Crippen LogP contribution >= 0.6 is 0 Å². The fraction of sp³-hybridized carbons (Fsp3) is 0.478. The summed E-state index contributed by atoms with van der Waals surface area (Å²) in [5.74, 6) is 0.780. The third-order valence-corrected chi connectivity index (χ3v) is 6.05. The molecule has 1 aliphatic heterocycles. The second-order valence-electron chi connectivity index (χ2n) is 8.52. The maximum atomic E-state index is 12.9. The first-order valence-electron chi connectivity index (χ1n) is 11.4. The zero-order valence-electron chi connectivity index (χ0n) is 19.5. The second-order valence-corrected chi connectivity index (χ2v) is 8.52. The topological polar surface area (TPSA) is 133 Å². The van der Waals surface area contributed by atoms with Crippen LogP contribution in [0.3, 0.4) is 0 Å². The highest BCUT2D eigenvalue weighted by Gasteiger charge is 2.32. The van der Waals surface area contributed by atoms with Crippen molar-refractivity contribution in [3.05, 3.63) is 52.0 Å². The normalized spacial score (nSPS) is 23.3. The quantitative estimate of drug-likeness (QED) is 0.309. The average Bonchev–Trinajstić information content (AvgIpc) is 3.67. The summed E-state index contributed by atoms with van der Waals surface area (Å²) in [6, 6.07) is 3.18. The van der Waals surface area contributed by atoms with E-state index in [0.29, 0.717) is 48.6 Å². The molecule has 11 nitrogen and oxygen atoms in total. The fourth-order valence-electron chi connectivity index (χ4n) is 3.65. The van der Waals surface area contributed by atoms with Crippen molar-refractivity contribution in [1.82, 2.24) is 20.2 Å². The van der Waals surface area contributed by atoms with Crippen molar-refractivity contribution in [2.75, 3.05) is 19.0 Å². The Hall–Kier alpha value is -3.44. The summed E-state index contributed by atoms with van der Waals surface area (Å²) in [7, 11) is 1.71. The number of hydrogen-bond donors (Lipinski definition) is 4. The van der Waals surface area contributed by atoms with Crippen LogP contribution in [0, 0.1) is 0 Å².